The molecule has 1 fully saturated rings. The Kier molecular flexibility index (Phi) is 6.00. The zero-order valence-corrected chi connectivity index (χ0v) is 17.2. The van der Waals surface area contributed by atoms with Gasteiger partial charge in [-0.1, -0.05) is 11.6 Å². The topological polar surface area (TPSA) is 76.2 Å². The molecule has 28 heavy (non-hydrogen) atoms. The lowest BCUT2D eigenvalue weighted by atomic mass is 10.2. The van der Waals surface area contributed by atoms with Crippen molar-refractivity contribution in [3.8, 4) is 11.5 Å². The number of hydrogen-bond donors (Lipinski definition) is 0. The predicted octanol–water partition coefficient (Wildman–Crippen LogP) is 2.78. The van der Waals surface area contributed by atoms with Crippen LogP contribution in [-0.2, 0) is 14.9 Å². The minimum Gasteiger partial charge on any atom is -0.495 e. The molecule has 0 atom stereocenters. The molecule has 0 aromatic heterocycles. The molecule has 1 amide bonds. The van der Waals surface area contributed by atoms with E-state index in [1.54, 1.807) is 36.1 Å². The zero-order valence-electron chi connectivity index (χ0n) is 15.6. The maximum atomic E-state index is 12.5. The van der Waals surface area contributed by atoms with Crippen molar-refractivity contribution in [3.05, 3.63) is 47.5 Å². The fourth-order valence-corrected chi connectivity index (χ4v) is 4.25. The van der Waals surface area contributed by atoms with Gasteiger partial charge in [-0.25, -0.2) is 0 Å². The quantitative estimate of drug-likeness (QED) is 0.687. The molecule has 7 nitrogen and oxygen atoms in total. The number of ether oxygens (including phenoxy) is 1. The van der Waals surface area contributed by atoms with Crippen molar-refractivity contribution in [2.24, 2.45) is 0 Å². The van der Waals surface area contributed by atoms with Gasteiger partial charge < -0.3 is 18.7 Å². The van der Waals surface area contributed by atoms with E-state index in [1.807, 2.05) is 0 Å². The van der Waals surface area contributed by atoms with Crippen LogP contribution in [0.5, 0.6) is 11.5 Å². The summed E-state index contributed by atoms with van der Waals surface area (Å²) in [4.78, 5) is 15.3. The molecule has 0 N–H and O–H groups in total. The van der Waals surface area contributed by atoms with Crippen molar-refractivity contribution < 1.29 is 22.1 Å². The summed E-state index contributed by atoms with van der Waals surface area (Å²) >= 11 is 6.00. The van der Waals surface area contributed by atoms with Gasteiger partial charge in [0.15, 0.2) is 0 Å². The number of hydrogen-bond acceptors (Lipinski definition) is 6. The highest BCUT2D eigenvalue weighted by molar-refractivity contribution is 7.87. The summed E-state index contributed by atoms with van der Waals surface area (Å²) in [7, 11) is -2.56. The molecule has 9 heteroatoms. The summed E-state index contributed by atoms with van der Waals surface area (Å²) in [6, 6.07) is 11.0. The molecule has 1 aliphatic heterocycles. The number of nitrogens with zero attached hydrogens (tertiary/aromatic N) is 2. The summed E-state index contributed by atoms with van der Waals surface area (Å²) in [6.45, 7) is 4.35. The molecule has 0 radical (unpaired) electrons. The van der Waals surface area contributed by atoms with E-state index < -0.39 is 10.1 Å². The third-order valence-electron chi connectivity index (χ3n) is 4.54. The van der Waals surface area contributed by atoms with Gasteiger partial charge in [-0.3, -0.25) is 4.79 Å². The SMILES string of the molecule is COc1ccc(S(=O)(=O)Oc2ccc(N3CCN(C(C)=O)CC3)cc2)cc1Cl. The second kappa shape index (κ2) is 8.28. The van der Waals surface area contributed by atoms with E-state index in [9.17, 15) is 13.2 Å². The number of rotatable bonds is 5. The van der Waals surface area contributed by atoms with Crippen molar-refractivity contribution in [3.63, 3.8) is 0 Å². The first-order chi connectivity index (χ1) is 13.3. The number of carbonyl (C=O) groups is 1. The zero-order chi connectivity index (χ0) is 20.3. The maximum absolute atomic E-state index is 12.5. The largest absolute Gasteiger partial charge is 0.495 e. The lowest BCUT2D eigenvalue weighted by molar-refractivity contribution is -0.129. The molecule has 1 saturated heterocycles. The molecule has 150 valence electrons. The van der Waals surface area contributed by atoms with Crippen molar-refractivity contribution in [1.29, 1.82) is 0 Å². The van der Waals surface area contributed by atoms with Gasteiger partial charge in [-0.2, -0.15) is 8.42 Å². The number of anilines is 1. The lowest BCUT2D eigenvalue weighted by Crippen LogP contribution is -2.48. The standard InChI is InChI=1S/C19H21ClN2O5S/c1-14(23)21-9-11-22(12-10-21)15-3-5-16(6-4-15)27-28(24,25)17-7-8-19(26-2)18(20)13-17/h3-8,13H,9-12H2,1-2H3. The van der Waals surface area contributed by atoms with Gasteiger partial charge in [-0.05, 0) is 42.5 Å². The summed E-state index contributed by atoms with van der Waals surface area (Å²) in [5, 5.41) is 0.187. The normalized spacial score (nSPS) is 14.7. The molecule has 0 bridgehead atoms. The van der Waals surface area contributed by atoms with Crippen LogP contribution in [-0.4, -0.2) is 52.5 Å². The molecule has 0 spiro atoms. The molecular weight excluding hydrogens is 404 g/mol. The highest BCUT2D eigenvalue weighted by Crippen LogP contribution is 2.29. The fourth-order valence-electron chi connectivity index (χ4n) is 2.97. The first-order valence-electron chi connectivity index (χ1n) is 8.69. The van der Waals surface area contributed by atoms with Crippen LogP contribution in [0.2, 0.25) is 5.02 Å². The van der Waals surface area contributed by atoms with Crippen LogP contribution in [0.3, 0.4) is 0 Å². The first-order valence-corrected chi connectivity index (χ1v) is 10.5. The van der Waals surface area contributed by atoms with E-state index in [4.69, 9.17) is 20.5 Å². The van der Waals surface area contributed by atoms with Crippen LogP contribution in [0, 0.1) is 0 Å². The van der Waals surface area contributed by atoms with E-state index in [-0.39, 0.29) is 21.6 Å². The molecule has 3 rings (SSSR count). The second-order valence-corrected chi connectivity index (χ2v) is 8.27. The minimum atomic E-state index is -4.01. The van der Waals surface area contributed by atoms with Crippen LogP contribution in [0.1, 0.15) is 6.92 Å². The maximum Gasteiger partial charge on any atom is 0.339 e. The van der Waals surface area contributed by atoms with Gasteiger partial charge in [-0.15, -0.1) is 0 Å². The molecule has 2 aromatic rings. The summed E-state index contributed by atoms with van der Waals surface area (Å²) in [6.07, 6.45) is 0. The van der Waals surface area contributed by atoms with Crippen molar-refractivity contribution in [2.75, 3.05) is 38.2 Å². The van der Waals surface area contributed by atoms with Gasteiger partial charge in [0, 0.05) is 38.8 Å². The molecule has 0 saturated carbocycles. The van der Waals surface area contributed by atoms with Gasteiger partial charge in [0.2, 0.25) is 5.91 Å². The number of amides is 1. The Morgan fingerprint density at radius 3 is 2.21 bits per heavy atom. The Balaban J connectivity index is 1.68. The molecule has 2 aromatic carbocycles. The highest BCUT2D eigenvalue weighted by Gasteiger charge is 2.21. The van der Waals surface area contributed by atoms with Gasteiger partial charge in [0.05, 0.1) is 12.1 Å². The highest BCUT2D eigenvalue weighted by atomic mass is 35.5. The van der Waals surface area contributed by atoms with Gasteiger partial charge in [0.25, 0.3) is 0 Å². The van der Waals surface area contributed by atoms with E-state index in [2.05, 4.69) is 4.90 Å². The number of carbonyl (C=O) groups excluding carboxylic acids is 1. The van der Waals surface area contributed by atoms with E-state index in [1.165, 1.54) is 25.3 Å². The van der Waals surface area contributed by atoms with Crippen LogP contribution in [0.4, 0.5) is 5.69 Å². The second-order valence-electron chi connectivity index (χ2n) is 6.32. The number of halogens is 1. The molecule has 1 heterocycles. The Labute approximate surface area is 169 Å². The summed E-state index contributed by atoms with van der Waals surface area (Å²) in [5.41, 5.74) is 0.945. The minimum absolute atomic E-state index is 0.0530. The van der Waals surface area contributed by atoms with Crippen LogP contribution < -0.4 is 13.8 Å². The first kappa shape index (κ1) is 20.3. The van der Waals surface area contributed by atoms with Gasteiger partial charge in [0.1, 0.15) is 16.4 Å². The third-order valence-corrected chi connectivity index (χ3v) is 6.08. The summed E-state index contributed by atoms with van der Waals surface area (Å²) < 4.78 is 35.2. The smallest absolute Gasteiger partial charge is 0.339 e. The average Bonchev–Trinajstić information content (AvgIpc) is 2.68. The van der Waals surface area contributed by atoms with Gasteiger partial charge >= 0.3 is 10.1 Å². The Bertz CT molecular complexity index is 955. The van der Waals surface area contributed by atoms with Crippen LogP contribution in [0.25, 0.3) is 0 Å². The number of benzene rings is 2. The number of piperazine rings is 1. The molecular formula is C19H21ClN2O5S. The number of methoxy groups -OCH3 is 1. The molecule has 0 aliphatic carbocycles. The van der Waals surface area contributed by atoms with E-state index >= 15 is 0 Å². The monoisotopic (exact) mass is 424 g/mol. The van der Waals surface area contributed by atoms with E-state index in [0.29, 0.717) is 18.8 Å². The Morgan fingerprint density at radius 2 is 1.68 bits per heavy atom. The third kappa shape index (κ3) is 4.51. The molecule has 1 aliphatic rings. The Hall–Kier alpha value is -2.45. The van der Waals surface area contributed by atoms with Crippen LogP contribution in [0.15, 0.2) is 47.4 Å². The summed E-state index contributed by atoms with van der Waals surface area (Å²) in [5.74, 6) is 0.667. The Morgan fingerprint density at radius 1 is 1.04 bits per heavy atom. The van der Waals surface area contributed by atoms with Crippen molar-refractivity contribution in [2.45, 2.75) is 11.8 Å². The lowest BCUT2D eigenvalue weighted by Gasteiger charge is -2.35. The molecule has 0 unspecified atom stereocenters. The van der Waals surface area contributed by atoms with Crippen molar-refractivity contribution >= 4 is 33.3 Å². The predicted molar refractivity (Wildman–Crippen MR) is 107 cm³/mol. The van der Waals surface area contributed by atoms with Crippen LogP contribution >= 0.6 is 11.6 Å². The van der Waals surface area contributed by atoms with E-state index in [0.717, 1.165) is 18.8 Å². The fraction of sp³-hybridized carbons (Fsp3) is 0.316. The van der Waals surface area contributed by atoms with Crippen molar-refractivity contribution in [1.82, 2.24) is 4.90 Å². The average molecular weight is 425 g/mol.